The minimum Gasteiger partial charge on any atom is -0.481 e. The number of nitrogens with one attached hydrogen (secondary N) is 1. The van der Waals surface area contributed by atoms with Crippen LogP contribution in [0.1, 0.15) is 17.7 Å². The summed E-state index contributed by atoms with van der Waals surface area (Å²) in [6, 6.07) is 3.60. The van der Waals surface area contributed by atoms with Crippen molar-refractivity contribution in [2.45, 2.75) is 29.5 Å². The van der Waals surface area contributed by atoms with Gasteiger partial charge in [-0.05, 0) is 32.0 Å². The van der Waals surface area contributed by atoms with E-state index in [1.165, 1.54) is 18.9 Å². The molecule has 2 N–H and O–H groups in total. The van der Waals surface area contributed by atoms with Gasteiger partial charge in [-0.25, -0.2) is 13.1 Å². The molecule has 0 unspecified atom stereocenters. The average molecular weight is 318 g/mol. The summed E-state index contributed by atoms with van der Waals surface area (Å²) in [5, 5.41) is 8.68. The molecule has 20 heavy (non-hydrogen) atoms. The number of carboxylic acids is 1. The molecule has 0 radical (unpaired) electrons. The lowest BCUT2D eigenvalue weighted by molar-refractivity contribution is -0.136. The smallest absolute Gasteiger partial charge is 0.308 e. The molecule has 1 saturated carbocycles. The van der Waals surface area contributed by atoms with Crippen LogP contribution in [-0.4, -0.2) is 50.6 Å². The van der Waals surface area contributed by atoms with Gasteiger partial charge in [0.1, 0.15) is 4.21 Å². The Morgan fingerprint density at radius 2 is 2.20 bits per heavy atom. The Labute approximate surface area is 122 Å². The van der Waals surface area contributed by atoms with Gasteiger partial charge in [-0.2, -0.15) is 0 Å². The lowest BCUT2D eigenvalue weighted by Crippen LogP contribution is -2.33. The molecule has 0 saturated heterocycles. The van der Waals surface area contributed by atoms with E-state index in [0.29, 0.717) is 24.0 Å². The quantitative estimate of drug-likeness (QED) is 0.738. The molecule has 0 aliphatic heterocycles. The molecular formula is C12H18N2O4S2. The van der Waals surface area contributed by atoms with Crippen molar-refractivity contribution < 1.29 is 18.3 Å². The van der Waals surface area contributed by atoms with Gasteiger partial charge in [0, 0.05) is 24.0 Å². The van der Waals surface area contributed by atoms with E-state index in [9.17, 15) is 13.2 Å². The molecule has 1 aliphatic rings. The first-order valence-corrected chi connectivity index (χ1v) is 8.69. The maximum atomic E-state index is 12.0. The molecule has 1 aromatic rings. The van der Waals surface area contributed by atoms with E-state index >= 15 is 0 Å². The van der Waals surface area contributed by atoms with Gasteiger partial charge in [-0.3, -0.25) is 4.79 Å². The molecular weight excluding hydrogens is 300 g/mol. The van der Waals surface area contributed by atoms with Crippen molar-refractivity contribution in [1.82, 2.24) is 9.62 Å². The van der Waals surface area contributed by atoms with Crippen molar-refractivity contribution in [2.24, 2.45) is 0 Å². The van der Waals surface area contributed by atoms with Gasteiger partial charge in [0.15, 0.2) is 0 Å². The van der Waals surface area contributed by atoms with E-state index < -0.39 is 16.0 Å². The standard InChI is InChI=1S/C12H18N2O4S2/c1-14(9-2-3-9)7-6-13-20(17,18)12-5-4-10(19-12)8-11(15)16/h4-5,9,13H,2-3,6-8H2,1H3,(H,15,16). The highest BCUT2D eigenvalue weighted by molar-refractivity contribution is 7.91. The normalized spacial score (nSPS) is 15.7. The van der Waals surface area contributed by atoms with E-state index in [4.69, 9.17) is 5.11 Å². The number of sulfonamides is 1. The van der Waals surface area contributed by atoms with Crippen LogP contribution < -0.4 is 4.72 Å². The van der Waals surface area contributed by atoms with E-state index in [1.807, 2.05) is 7.05 Å². The lowest BCUT2D eigenvalue weighted by atomic mass is 10.3. The van der Waals surface area contributed by atoms with Gasteiger partial charge in [-0.1, -0.05) is 0 Å². The zero-order valence-electron chi connectivity index (χ0n) is 11.2. The molecule has 1 fully saturated rings. The predicted octanol–water partition coefficient (Wildman–Crippen LogP) is 0.748. The SMILES string of the molecule is CN(CCNS(=O)(=O)c1ccc(CC(=O)O)s1)C1CC1. The highest BCUT2D eigenvalue weighted by Crippen LogP contribution is 2.25. The number of thiophene rings is 1. The minimum atomic E-state index is -3.53. The molecule has 112 valence electrons. The molecule has 0 aromatic carbocycles. The molecule has 0 spiro atoms. The first-order chi connectivity index (χ1) is 9.38. The fraction of sp³-hybridized carbons (Fsp3) is 0.583. The summed E-state index contributed by atoms with van der Waals surface area (Å²) < 4.78 is 26.8. The van der Waals surface area contributed by atoms with E-state index in [0.717, 1.165) is 11.3 Å². The van der Waals surface area contributed by atoms with E-state index in [-0.39, 0.29) is 10.6 Å². The summed E-state index contributed by atoms with van der Waals surface area (Å²) in [6.45, 7) is 1.04. The maximum Gasteiger partial charge on any atom is 0.308 e. The van der Waals surface area contributed by atoms with Crippen LogP contribution in [0.4, 0.5) is 0 Å². The second kappa shape index (κ2) is 6.21. The molecule has 1 aromatic heterocycles. The third-order valence-corrected chi connectivity index (χ3v) is 6.19. The van der Waals surface area contributed by atoms with Crippen molar-refractivity contribution >= 4 is 27.3 Å². The molecule has 8 heteroatoms. The average Bonchev–Trinajstić information content (AvgIpc) is 3.09. The third kappa shape index (κ3) is 4.27. The highest BCUT2D eigenvalue weighted by Gasteiger charge is 2.26. The Morgan fingerprint density at radius 3 is 2.80 bits per heavy atom. The Balaban J connectivity index is 1.88. The maximum absolute atomic E-state index is 12.0. The molecule has 2 rings (SSSR count). The number of carbonyl (C=O) groups is 1. The largest absolute Gasteiger partial charge is 0.481 e. The van der Waals surface area contributed by atoms with Crippen LogP contribution in [0.2, 0.25) is 0 Å². The van der Waals surface area contributed by atoms with Crippen LogP contribution in [-0.2, 0) is 21.2 Å². The van der Waals surface area contributed by atoms with Gasteiger partial charge < -0.3 is 10.0 Å². The number of hydrogen-bond donors (Lipinski definition) is 2. The Kier molecular flexibility index (Phi) is 4.79. The van der Waals surface area contributed by atoms with Crippen molar-refractivity contribution in [1.29, 1.82) is 0 Å². The summed E-state index contributed by atoms with van der Waals surface area (Å²) in [5.74, 6) is -0.963. The van der Waals surface area contributed by atoms with Crippen molar-refractivity contribution in [3.63, 3.8) is 0 Å². The Bertz CT molecular complexity index is 578. The van der Waals surface area contributed by atoms with Crippen LogP contribution in [0.25, 0.3) is 0 Å². The van der Waals surface area contributed by atoms with Crippen LogP contribution in [0, 0.1) is 0 Å². The first kappa shape index (κ1) is 15.4. The van der Waals surface area contributed by atoms with Gasteiger partial charge in [0.25, 0.3) is 0 Å². The van der Waals surface area contributed by atoms with E-state index in [1.54, 1.807) is 6.07 Å². The molecule has 0 atom stereocenters. The summed E-state index contributed by atoms with van der Waals surface area (Å²) in [6.07, 6.45) is 2.23. The summed E-state index contributed by atoms with van der Waals surface area (Å²) in [7, 11) is -1.54. The summed E-state index contributed by atoms with van der Waals surface area (Å²) in [5.41, 5.74) is 0. The fourth-order valence-electron chi connectivity index (χ4n) is 1.87. The van der Waals surface area contributed by atoms with Gasteiger partial charge in [-0.15, -0.1) is 11.3 Å². The molecule has 0 amide bonds. The van der Waals surface area contributed by atoms with Crippen molar-refractivity contribution in [3.05, 3.63) is 17.0 Å². The monoisotopic (exact) mass is 318 g/mol. The van der Waals surface area contributed by atoms with Crippen LogP contribution in [0.3, 0.4) is 0 Å². The lowest BCUT2D eigenvalue weighted by Gasteiger charge is -2.15. The number of carboxylic acid groups (broad SMARTS) is 1. The number of hydrogen-bond acceptors (Lipinski definition) is 5. The van der Waals surface area contributed by atoms with Crippen molar-refractivity contribution in [3.8, 4) is 0 Å². The Hall–Kier alpha value is -0.960. The highest BCUT2D eigenvalue weighted by atomic mass is 32.2. The second-order valence-electron chi connectivity index (χ2n) is 4.90. The number of rotatable bonds is 8. The molecule has 0 bridgehead atoms. The topological polar surface area (TPSA) is 86.7 Å². The number of likely N-dealkylation sites (N-methyl/N-ethyl adjacent to an activating group) is 1. The second-order valence-corrected chi connectivity index (χ2v) is 8.06. The van der Waals surface area contributed by atoms with Gasteiger partial charge in [0.2, 0.25) is 10.0 Å². The fourth-order valence-corrected chi connectivity index (χ4v) is 4.28. The number of aliphatic carboxylic acids is 1. The molecule has 6 nitrogen and oxygen atoms in total. The third-order valence-electron chi connectivity index (χ3n) is 3.15. The van der Waals surface area contributed by atoms with Crippen LogP contribution >= 0.6 is 11.3 Å². The molecule has 1 aliphatic carbocycles. The zero-order valence-corrected chi connectivity index (χ0v) is 12.8. The molecule has 1 heterocycles. The zero-order chi connectivity index (χ0) is 14.8. The van der Waals surface area contributed by atoms with Crippen molar-refractivity contribution in [2.75, 3.05) is 20.1 Å². The van der Waals surface area contributed by atoms with Crippen LogP contribution in [0.5, 0.6) is 0 Å². The van der Waals surface area contributed by atoms with E-state index in [2.05, 4.69) is 9.62 Å². The minimum absolute atomic E-state index is 0.148. The van der Waals surface area contributed by atoms with Crippen LogP contribution in [0.15, 0.2) is 16.3 Å². The summed E-state index contributed by atoms with van der Waals surface area (Å²) in [4.78, 5) is 13.3. The van der Waals surface area contributed by atoms with Gasteiger partial charge in [0.05, 0.1) is 6.42 Å². The number of nitrogens with zero attached hydrogens (tertiary/aromatic N) is 1. The first-order valence-electron chi connectivity index (χ1n) is 6.39. The van der Waals surface area contributed by atoms with Gasteiger partial charge >= 0.3 is 5.97 Å². The Morgan fingerprint density at radius 1 is 1.50 bits per heavy atom. The summed E-state index contributed by atoms with van der Waals surface area (Å²) >= 11 is 1.00. The predicted molar refractivity (Wildman–Crippen MR) is 76.5 cm³/mol.